The van der Waals surface area contributed by atoms with Crippen LogP contribution in [0.4, 0.5) is 0 Å². The molecule has 0 bridgehead atoms. The van der Waals surface area contributed by atoms with Gasteiger partial charge in [-0.2, -0.15) is 0 Å². The van der Waals surface area contributed by atoms with Gasteiger partial charge in [-0.25, -0.2) is 0 Å². The van der Waals surface area contributed by atoms with Crippen LogP contribution >= 0.6 is 0 Å². The van der Waals surface area contributed by atoms with Crippen molar-refractivity contribution in [2.75, 3.05) is 0 Å². The molecule has 11 heavy (non-hydrogen) atoms. The molecule has 1 fully saturated rings. The Morgan fingerprint density at radius 3 is 2.27 bits per heavy atom. The van der Waals surface area contributed by atoms with Crippen molar-refractivity contribution < 1.29 is 0 Å². The van der Waals surface area contributed by atoms with Gasteiger partial charge >= 0.3 is 0 Å². The molecule has 4 unspecified atom stereocenters. The van der Waals surface area contributed by atoms with E-state index in [0.29, 0.717) is 0 Å². The molecule has 1 aliphatic carbocycles. The fourth-order valence-electron chi connectivity index (χ4n) is 2.27. The van der Waals surface area contributed by atoms with Gasteiger partial charge in [-0.1, -0.05) is 33.0 Å². The van der Waals surface area contributed by atoms with Crippen LogP contribution in [-0.4, -0.2) is 7.85 Å². The van der Waals surface area contributed by atoms with Crippen molar-refractivity contribution >= 4 is 7.85 Å². The fraction of sp³-hybridized carbons (Fsp3) is 1.00. The Morgan fingerprint density at radius 2 is 1.91 bits per heavy atom. The van der Waals surface area contributed by atoms with Crippen molar-refractivity contribution in [2.45, 2.75) is 45.9 Å². The summed E-state index contributed by atoms with van der Waals surface area (Å²) in [4.78, 5) is 0. The second-order valence-corrected chi connectivity index (χ2v) is 4.78. The van der Waals surface area contributed by atoms with Crippen molar-refractivity contribution in [3.8, 4) is 0 Å². The van der Waals surface area contributed by atoms with Gasteiger partial charge in [0, 0.05) is 0 Å². The minimum absolute atomic E-state index is 0.880. The molecule has 0 aromatic carbocycles. The Hall–Kier alpha value is 0.0649. The monoisotopic (exact) mass is 152 g/mol. The molecule has 0 radical (unpaired) electrons. The highest BCUT2D eigenvalue weighted by atomic mass is 14.3. The van der Waals surface area contributed by atoms with E-state index in [2.05, 4.69) is 28.6 Å². The maximum Gasteiger partial charge on any atom is 0.105 e. The minimum Gasteiger partial charge on any atom is -0.0697 e. The van der Waals surface area contributed by atoms with Crippen molar-refractivity contribution in [1.29, 1.82) is 0 Å². The van der Waals surface area contributed by atoms with Crippen molar-refractivity contribution in [3.63, 3.8) is 0 Å². The van der Waals surface area contributed by atoms with Gasteiger partial charge in [0.15, 0.2) is 0 Å². The molecule has 1 heteroatoms. The maximum atomic E-state index is 2.42. The molecule has 0 aliphatic heterocycles. The van der Waals surface area contributed by atoms with Crippen molar-refractivity contribution in [1.82, 2.24) is 0 Å². The van der Waals surface area contributed by atoms with Gasteiger partial charge in [0.2, 0.25) is 0 Å². The summed E-state index contributed by atoms with van der Waals surface area (Å²) in [7, 11) is 2.35. The van der Waals surface area contributed by atoms with E-state index in [1.165, 1.54) is 19.3 Å². The summed E-state index contributed by atoms with van der Waals surface area (Å²) in [5.41, 5.74) is 0. The molecule has 0 aromatic rings. The van der Waals surface area contributed by atoms with Gasteiger partial charge < -0.3 is 0 Å². The average Bonchev–Trinajstić information content (AvgIpc) is 2.34. The topological polar surface area (TPSA) is 0 Å². The predicted octanol–water partition coefficient (Wildman–Crippen LogP) is 2.50. The molecular formula is C10H21B. The molecule has 0 heterocycles. The van der Waals surface area contributed by atoms with E-state index in [1.807, 2.05) is 0 Å². The van der Waals surface area contributed by atoms with Crippen LogP contribution in [0.1, 0.15) is 40.0 Å². The third-order valence-corrected chi connectivity index (χ3v) is 3.53. The Bertz CT molecular complexity index is 120. The van der Waals surface area contributed by atoms with Crippen LogP contribution in [0.2, 0.25) is 5.82 Å². The van der Waals surface area contributed by atoms with Crippen LogP contribution in [0.5, 0.6) is 0 Å². The van der Waals surface area contributed by atoms with Gasteiger partial charge in [-0.15, -0.1) is 0 Å². The molecule has 0 N–H and O–H groups in total. The normalized spacial score (nSPS) is 37.0. The lowest BCUT2D eigenvalue weighted by atomic mass is 9.72. The fourth-order valence-corrected chi connectivity index (χ4v) is 2.27. The lowest BCUT2D eigenvalue weighted by molar-refractivity contribution is 0.348. The standard InChI is InChI=1S/C10H21B/c1-7-4-5-10(6-7)8(2)9(3)11/h7-10H,4-6,11H2,1-3H3. The molecule has 0 aromatic heterocycles. The van der Waals surface area contributed by atoms with Crippen LogP contribution in [0.25, 0.3) is 0 Å². The third kappa shape index (κ3) is 2.25. The first kappa shape index (κ1) is 9.16. The lowest BCUT2D eigenvalue weighted by Gasteiger charge is -2.22. The lowest BCUT2D eigenvalue weighted by Crippen LogP contribution is -2.12. The number of hydrogen-bond acceptors (Lipinski definition) is 0. The third-order valence-electron chi connectivity index (χ3n) is 3.53. The highest BCUT2D eigenvalue weighted by molar-refractivity contribution is 6.11. The molecule has 1 saturated carbocycles. The first-order valence-electron chi connectivity index (χ1n) is 5.11. The van der Waals surface area contributed by atoms with Crippen LogP contribution in [0.15, 0.2) is 0 Å². The van der Waals surface area contributed by atoms with Crippen LogP contribution in [-0.2, 0) is 0 Å². The zero-order valence-corrected chi connectivity index (χ0v) is 8.43. The molecule has 1 aliphatic rings. The first-order valence-corrected chi connectivity index (χ1v) is 5.11. The molecule has 4 atom stereocenters. The highest BCUT2D eigenvalue weighted by Gasteiger charge is 2.27. The van der Waals surface area contributed by atoms with Crippen LogP contribution in [0.3, 0.4) is 0 Å². The molecular weight excluding hydrogens is 131 g/mol. The van der Waals surface area contributed by atoms with Crippen molar-refractivity contribution in [2.24, 2.45) is 17.8 Å². The molecule has 0 saturated heterocycles. The van der Waals surface area contributed by atoms with Crippen molar-refractivity contribution in [3.05, 3.63) is 0 Å². The largest absolute Gasteiger partial charge is 0.105 e. The van der Waals surface area contributed by atoms with Gasteiger partial charge in [0.25, 0.3) is 0 Å². The summed E-state index contributed by atoms with van der Waals surface area (Å²) in [5.74, 6) is 3.86. The Kier molecular flexibility index (Phi) is 3.03. The minimum atomic E-state index is 0.880. The summed E-state index contributed by atoms with van der Waals surface area (Å²) in [5, 5.41) is 0. The second kappa shape index (κ2) is 3.64. The number of hydrogen-bond donors (Lipinski definition) is 0. The Morgan fingerprint density at radius 1 is 1.27 bits per heavy atom. The quantitative estimate of drug-likeness (QED) is 0.533. The molecule has 0 spiro atoms. The average molecular weight is 152 g/mol. The maximum absolute atomic E-state index is 2.42. The van der Waals surface area contributed by atoms with E-state index in [1.54, 1.807) is 0 Å². The summed E-state index contributed by atoms with van der Waals surface area (Å²) in [6.07, 6.45) is 4.45. The molecule has 0 nitrogen and oxygen atoms in total. The van der Waals surface area contributed by atoms with E-state index < -0.39 is 0 Å². The van der Waals surface area contributed by atoms with Gasteiger partial charge in [0.1, 0.15) is 7.85 Å². The molecule has 1 rings (SSSR count). The molecule has 64 valence electrons. The predicted molar refractivity (Wildman–Crippen MR) is 53.6 cm³/mol. The zero-order valence-electron chi connectivity index (χ0n) is 8.43. The summed E-state index contributed by atoms with van der Waals surface area (Å²) in [6.45, 7) is 7.17. The Balaban J connectivity index is 2.36. The van der Waals surface area contributed by atoms with E-state index >= 15 is 0 Å². The second-order valence-electron chi connectivity index (χ2n) is 4.78. The van der Waals surface area contributed by atoms with E-state index in [9.17, 15) is 0 Å². The summed E-state index contributed by atoms with van der Waals surface area (Å²) < 4.78 is 0. The van der Waals surface area contributed by atoms with Crippen LogP contribution in [0, 0.1) is 17.8 Å². The zero-order chi connectivity index (χ0) is 8.43. The summed E-state index contributed by atoms with van der Waals surface area (Å²) >= 11 is 0. The van der Waals surface area contributed by atoms with E-state index in [-0.39, 0.29) is 0 Å². The van der Waals surface area contributed by atoms with E-state index in [0.717, 1.165) is 23.6 Å². The smallest absolute Gasteiger partial charge is 0.0697 e. The Labute approximate surface area is 72.2 Å². The van der Waals surface area contributed by atoms with Gasteiger partial charge in [-0.05, 0) is 30.6 Å². The summed E-state index contributed by atoms with van der Waals surface area (Å²) in [6, 6.07) is 0. The SMILES string of the molecule is BC(C)C(C)C1CCC(C)C1. The highest BCUT2D eigenvalue weighted by Crippen LogP contribution is 2.38. The number of rotatable bonds is 2. The van der Waals surface area contributed by atoms with Crippen LogP contribution < -0.4 is 0 Å². The van der Waals surface area contributed by atoms with Gasteiger partial charge in [0.05, 0.1) is 0 Å². The molecule has 0 amide bonds. The first-order chi connectivity index (χ1) is 5.11. The van der Waals surface area contributed by atoms with Gasteiger partial charge in [-0.3, -0.25) is 0 Å². The van der Waals surface area contributed by atoms with E-state index in [4.69, 9.17) is 0 Å².